The van der Waals surface area contributed by atoms with Crippen molar-refractivity contribution in [3.8, 4) is 23.4 Å². The highest BCUT2D eigenvalue weighted by Crippen LogP contribution is 2.47. The van der Waals surface area contributed by atoms with Gasteiger partial charge in [-0.25, -0.2) is 17.7 Å². The molecule has 1 atom stereocenters. The van der Waals surface area contributed by atoms with Crippen LogP contribution >= 0.6 is 0 Å². The molecule has 33 heavy (non-hydrogen) atoms. The number of anilines is 1. The molecule has 0 saturated carbocycles. The van der Waals surface area contributed by atoms with E-state index in [1.54, 1.807) is 12.1 Å². The zero-order chi connectivity index (χ0) is 23.8. The third kappa shape index (κ3) is 3.52. The van der Waals surface area contributed by atoms with Crippen LogP contribution < -0.4 is 18.5 Å². The fraction of sp³-hybridized carbons (Fsp3) is 0.174. The minimum absolute atomic E-state index is 0.0275. The summed E-state index contributed by atoms with van der Waals surface area (Å²) in [5, 5.41) is 9.38. The average molecular weight is 465 g/mol. The summed E-state index contributed by atoms with van der Waals surface area (Å²) < 4.78 is 44.0. The van der Waals surface area contributed by atoms with Crippen LogP contribution in [0.15, 0.2) is 59.6 Å². The maximum absolute atomic E-state index is 13.7. The Morgan fingerprint density at radius 1 is 1.00 bits per heavy atom. The van der Waals surface area contributed by atoms with Gasteiger partial charge >= 0.3 is 0 Å². The van der Waals surface area contributed by atoms with Gasteiger partial charge < -0.3 is 14.2 Å². The highest BCUT2D eigenvalue weighted by molar-refractivity contribution is 7.93. The van der Waals surface area contributed by atoms with Crippen LogP contribution in [-0.2, 0) is 14.8 Å². The maximum atomic E-state index is 13.7. The van der Waals surface area contributed by atoms with Crippen molar-refractivity contribution in [1.82, 2.24) is 4.98 Å². The molecule has 0 aliphatic carbocycles. The fourth-order valence-electron chi connectivity index (χ4n) is 3.84. The molecule has 2 aromatic carbocycles. The molecule has 3 aromatic rings. The van der Waals surface area contributed by atoms with Crippen LogP contribution in [0.5, 0.6) is 17.4 Å². The van der Waals surface area contributed by atoms with Crippen molar-refractivity contribution >= 4 is 21.6 Å². The van der Waals surface area contributed by atoms with Gasteiger partial charge in [-0.05, 0) is 42.0 Å². The molecule has 4 rings (SSSR count). The summed E-state index contributed by atoms with van der Waals surface area (Å²) in [5.41, 5.74) is 1.19. The Morgan fingerprint density at radius 2 is 1.79 bits per heavy atom. The molecule has 1 amide bonds. The van der Waals surface area contributed by atoms with Crippen LogP contribution in [0.3, 0.4) is 0 Å². The molecule has 2 heterocycles. The molecule has 0 spiro atoms. The van der Waals surface area contributed by atoms with Crippen molar-refractivity contribution in [2.45, 2.75) is 10.8 Å². The van der Waals surface area contributed by atoms with Gasteiger partial charge in [-0.2, -0.15) is 5.26 Å². The second-order valence-corrected chi connectivity index (χ2v) is 8.80. The number of carbonyl (C=O) groups excluding carboxylic acids is 1. The standard InChI is InChI=1S/C23H19N3O6S/c1-30-15-7-9-20(19(12-15)31-2)33(28,29)26-18-8-6-14(13-24)11-17(18)21(23(26)27)16-5-4-10-25-22(16)32-3/h4-12,21H,1-3H3. The number of methoxy groups -OCH3 is 3. The number of ether oxygens (including phenoxy) is 3. The van der Waals surface area contributed by atoms with E-state index in [2.05, 4.69) is 4.98 Å². The number of amides is 1. The summed E-state index contributed by atoms with van der Waals surface area (Å²) in [7, 11) is -0.203. The first-order chi connectivity index (χ1) is 15.9. The SMILES string of the molecule is COc1ccc(S(=O)(=O)N2C(=O)C(c3cccnc3OC)c3cc(C#N)ccc32)c(OC)c1. The molecule has 0 fully saturated rings. The van der Waals surface area contributed by atoms with E-state index in [1.165, 1.54) is 63.9 Å². The van der Waals surface area contributed by atoms with E-state index in [4.69, 9.17) is 14.2 Å². The topological polar surface area (TPSA) is 119 Å². The average Bonchev–Trinajstić information content (AvgIpc) is 3.14. The first-order valence-corrected chi connectivity index (χ1v) is 11.2. The number of benzene rings is 2. The van der Waals surface area contributed by atoms with Gasteiger partial charge in [0.15, 0.2) is 0 Å². The molecular weight excluding hydrogens is 446 g/mol. The summed E-state index contributed by atoms with van der Waals surface area (Å²) in [4.78, 5) is 17.6. The lowest BCUT2D eigenvalue weighted by Gasteiger charge is -2.20. The minimum Gasteiger partial charge on any atom is -0.497 e. The van der Waals surface area contributed by atoms with Crippen LogP contribution in [0.1, 0.15) is 22.6 Å². The van der Waals surface area contributed by atoms with Crippen molar-refractivity contribution in [3.05, 3.63) is 71.4 Å². The van der Waals surface area contributed by atoms with Crippen LogP contribution in [0.4, 0.5) is 5.69 Å². The Bertz CT molecular complexity index is 1400. The third-order valence-corrected chi connectivity index (χ3v) is 7.08. The number of nitrogens with zero attached hydrogens (tertiary/aromatic N) is 3. The van der Waals surface area contributed by atoms with Crippen molar-refractivity contribution < 1.29 is 27.4 Å². The number of rotatable bonds is 6. The number of hydrogen-bond acceptors (Lipinski definition) is 8. The van der Waals surface area contributed by atoms with Gasteiger partial charge in [0.1, 0.15) is 16.4 Å². The van der Waals surface area contributed by atoms with E-state index in [-0.39, 0.29) is 27.8 Å². The zero-order valence-electron chi connectivity index (χ0n) is 18.0. The number of pyridine rings is 1. The van der Waals surface area contributed by atoms with Gasteiger partial charge in [0.2, 0.25) is 5.88 Å². The molecule has 9 nitrogen and oxygen atoms in total. The molecule has 1 aromatic heterocycles. The molecule has 0 bridgehead atoms. The van der Waals surface area contributed by atoms with Crippen LogP contribution in [0, 0.1) is 11.3 Å². The molecule has 0 N–H and O–H groups in total. The first kappa shape index (κ1) is 22.1. The Hall–Kier alpha value is -4.10. The highest BCUT2D eigenvalue weighted by atomic mass is 32.2. The number of nitriles is 1. The summed E-state index contributed by atoms with van der Waals surface area (Å²) in [6, 6.07) is 13.9. The molecule has 1 aliphatic rings. The highest BCUT2D eigenvalue weighted by Gasteiger charge is 2.47. The van der Waals surface area contributed by atoms with Crippen LogP contribution in [-0.4, -0.2) is 40.6 Å². The number of sulfonamides is 1. The van der Waals surface area contributed by atoms with E-state index in [1.807, 2.05) is 6.07 Å². The Kier molecular flexibility index (Phi) is 5.66. The van der Waals surface area contributed by atoms with E-state index >= 15 is 0 Å². The van der Waals surface area contributed by atoms with Crippen LogP contribution in [0.2, 0.25) is 0 Å². The number of hydrogen-bond donors (Lipinski definition) is 0. The summed E-state index contributed by atoms with van der Waals surface area (Å²) in [5.74, 6) is -1.14. The van der Waals surface area contributed by atoms with E-state index in [0.29, 0.717) is 16.9 Å². The molecule has 0 saturated heterocycles. The smallest absolute Gasteiger partial charge is 0.274 e. The number of aromatic nitrogens is 1. The quantitative estimate of drug-likeness (QED) is 0.545. The van der Waals surface area contributed by atoms with Gasteiger partial charge in [0, 0.05) is 17.8 Å². The monoisotopic (exact) mass is 465 g/mol. The van der Waals surface area contributed by atoms with Crippen molar-refractivity contribution in [2.75, 3.05) is 25.6 Å². The lowest BCUT2D eigenvalue weighted by molar-refractivity contribution is -0.117. The molecule has 0 radical (unpaired) electrons. The second kappa shape index (κ2) is 8.44. The molecule has 1 unspecified atom stereocenters. The Labute approximate surface area is 190 Å². The van der Waals surface area contributed by atoms with Crippen molar-refractivity contribution in [2.24, 2.45) is 0 Å². The molecule has 1 aliphatic heterocycles. The minimum atomic E-state index is -4.39. The van der Waals surface area contributed by atoms with E-state index in [9.17, 15) is 18.5 Å². The summed E-state index contributed by atoms with van der Waals surface area (Å²) >= 11 is 0. The number of carbonyl (C=O) groups is 1. The van der Waals surface area contributed by atoms with Crippen molar-refractivity contribution in [1.29, 1.82) is 5.26 Å². The van der Waals surface area contributed by atoms with Gasteiger partial charge in [-0.3, -0.25) is 4.79 Å². The summed E-state index contributed by atoms with van der Waals surface area (Å²) in [6.45, 7) is 0. The van der Waals surface area contributed by atoms with Gasteiger partial charge in [0.05, 0.1) is 44.6 Å². The maximum Gasteiger partial charge on any atom is 0.274 e. The first-order valence-electron chi connectivity index (χ1n) is 9.71. The van der Waals surface area contributed by atoms with Gasteiger partial charge in [-0.1, -0.05) is 6.07 Å². The fourth-order valence-corrected chi connectivity index (χ4v) is 5.44. The third-order valence-electron chi connectivity index (χ3n) is 5.33. The molecular formula is C23H19N3O6S. The van der Waals surface area contributed by atoms with Crippen LogP contribution in [0.25, 0.3) is 0 Å². The lowest BCUT2D eigenvalue weighted by atomic mass is 9.92. The largest absolute Gasteiger partial charge is 0.497 e. The number of fused-ring (bicyclic) bond motifs is 1. The predicted octanol–water partition coefficient (Wildman–Crippen LogP) is 2.85. The van der Waals surface area contributed by atoms with Gasteiger partial charge in [-0.15, -0.1) is 0 Å². The zero-order valence-corrected chi connectivity index (χ0v) is 18.8. The Balaban J connectivity index is 1.94. The normalized spacial score (nSPS) is 15.0. The molecule has 168 valence electrons. The predicted molar refractivity (Wildman–Crippen MR) is 118 cm³/mol. The second-order valence-electron chi connectivity index (χ2n) is 7.04. The van der Waals surface area contributed by atoms with E-state index in [0.717, 1.165) is 4.31 Å². The van der Waals surface area contributed by atoms with Gasteiger partial charge in [0.25, 0.3) is 15.9 Å². The van der Waals surface area contributed by atoms with E-state index < -0.39 is 21.8 Å². The van der Waals surface area contributed by atoms with Crippen molar-refractivity contribution in [3.63, 3.8) is 0 Å². The Morgan fingerprint density at radius 3 is 2.45 bits per heavy atom. The summed E-state index contributed by atoms with van der Waals surface area (Å²) in [6.07, 6.45) is 1.51. The lowest BCUT2D eigenvalue weighted by Crippen LogP contribution is -2.35. The molecule has 10 heteroatoms.